The maximum atomic E-state index is 16.3. The number of carboxylic acid groups (broad SMARTS) is 1. The molecular weight excluding hydrogens is 1660 g/mol. The van der Waals surface area contributed by atoms with Gasteiger partial charge in [0, 0.05) is 53.9 Å². The Kier molecular flexibility index (Phi) is 30.5. The summed E-state index contributed by atoms with van der Waals surface area (Å²) in [5, 5.41) is 137. The SMILES string of the molecule is CCCCOc1ccc(CNC2(C)CC(OC3C(Oc4c5cc6cc4Oc4ccc(cc4Cl)C(O)C4NC(=O)C(NC(=O)C6NC(=O)C(CC(N)=O)NC(=O)C(NC(=O)C(CC(C)C)NC)C(O)c6ccc(c(Cl)c6)O5)c5ccc(O)c(c5)-c5c(O)cc(O)cc5C(C(=O)O)NC4=O)OC(CO)C(O)C3O)OC(C)C2O)cc1OCCCCSC(C)=O. The highest BCUT2D eigenvalue weighted by molar-refractivity contribution is 8.13. The van der Waals surface area contributed by atoms with Gasteiger partial charge in [0.15, 0.2) is 46.5 Å². The van der Waals surface area contributed by atoms with Crippen molar-refractivity contribution < 1.29 is 132 Å². The maximum Gasteiger partial charge on any atom is 0.330 e. The molecule has 0 spiro atoms. The number of fused-ring (bicyclic) bond motifs is 15. The number of carboxylic acids is 1. The molecule has 11 bridgehead atoms. The lowest BCUT2D eigenvalue weighted by Crippen LogP contribution is -2.65. The van der Waals surface area contributed by atoms with E-state index >= 15 is 14.4 Å². The molecule has 39 heteroatoms. The zero-order valence-electron chi connectivity index (χ0n) is 67.3. The van der Waals surface area contributed by atoms with Crippen molar-refractivity contribution in [2.45, 2.75) is 202 Å². The Morgan fingerprint density at radius 1 is 0.697 bits per heavy atom. The number of nitrogens with two attached hydrogens (primary N) is 1. The average Bonchev–Trinajstić information content (AvgIpc) is 0.766. The molecule has 0 aliphatic carbocycles. The summed E-state index contributed by atoms with van der Waals surface area (Å²) in [6.07, 6.45) is -16.0. The number of thioether (sulfide) groups is 1. The number of phenols is 3. The van der Waals surface area contributed by atoms with Crippen LogP contribution in [0, 0.1) is 5.92 Å². The summed E-state index contributed by atoms with van der Waals surface area (Å²) in [5.41, 5.74) is 2.28. The van der Waals surface area contributed by atoms with E-state index in [0.29, 0.717) is 48.9 Å². The second kappa shape index (κ2) is 40.3. The molecule has 6 aromatic rings. The number of likely N-dealkylation sites (N-methyl/N-ethyl adjacent to an activating group) is 1. The van der Waals surface area contributed by atoms with Crippen LogP contribution >= 0.6 is 35.0 Å². The first-order valence-corrected chi connectivity index (χ1v) is 41.2. The van der Waals surface area contributed by atoms with Crippen molar-refractivity contribution in [1.82, 2.24) is 42.5 Å². The van der Waals surface area contributed by atoms with Gasteiger partial charge in [-0.1, -0.05) is 86.4 Å². The first-order chi connectivity index (χ1) is 58.0. The van der Waals surface area contributed by atoms with E-state index in [9.17, 15) is 79.8 Å². The van der Waals surface area contributed by atoms with Gasteiger partial charge in [-0.2, -0.15) is 0 Å². The Morgan fingerprint density at radius 3 is 1.97 bits per heavy atom. The minimum absolute atomic E-state index is 0.0102. The molecule has 36 nitrogen and oxygen atoms in total. The number of hydrogen-bond acceptors (Lipinski definition) is 29. The fourth-order valence-corrected chi connectivity index (χ4v) is 15.9. The van der Waals surface area contributed by atoms with Crippen LogP contribution < -0.4 is 72.0 Å². The molecule has 2 fully saturated rings. The van der Waals surface area contributed by atoms with Crippen LogP contribution in [-0.2, 0) is 63.9 Å². The standard InChI is InChI=1S/C83H99Cl2N9O27S/c1-8-9-20-114-55-17-12-39(24-56(55)115-21-10-11-22-122-38(5)96)34-88-83(6)33-61(116-37(4)74(83)105)120-73-71(104)70(103)59(35-95)119-82(73)121-72-57-28-43-29-58(72)118-54-19-15-42(27-48(54)85)69(102)67-80(111)92-65(81(112)113)46-30-44(97)31-52(99)62(46)45-25-40(13-16-51(45)98)63(77(108)94-67)91-78(109)64(43)90-76(107)50(32-60(86)100)89-79(110)66(93-75(106)49(87-7)23-36(2)3)68(101)41-14-18-53(117-57)47(84)26-41/h12-19,24-31,36-37,49-50,59,61,63-71,73-74,82,87-88,95,97-99,101-105H,8-11,20-23,32-35H2,1-7H3,(H2,86,100)(H,89,110)(H,90,107)(H,91,109)(H,92,111)(H,93,106)(H,94,108)(H,112,113). The molecule has 122 heavy (non-hydrogen) atoms. The number of rotatable bonds is 26. The molecule has 18 atom stereocenters. The summed E-state index contributed by atoms with van der Waals surface area (Å²) in [7, 11) is 1.47. The largest absolute Gasteiger partial charge is 0.508 e. The Balaban J connectivity index is 1.08. The highest BCUT2D eigenvalue weighted by atomic mass is 35.5. The summed E-state index contributed by atoms with van der Waals surface area (Å²) in [6, 6.07) is 4.63. The number of aliphatic hydroxyl groups excluding tert-OH is 6. The minimum atomic E-state index is -2.38. The molecule has 6 aromatic carbocycles. The van der Waals surface area contributed by atoms with Crippen LogP contribution in [0.3, 0.4) is 0 Å². The van der Waals surface area contributed by atoms with Gasteiger partial charge in [-0.15, -0.1) is 0 Å². The Hall–Kier alpha value is -10.4. The third kappa shape index (κ3) is 21.6. The molecule has 7 aliphatic heterocycles. The molecule has 2 saturated heterocycles. The van der Waals surface area contributed by atoms with Gasteiger partial charge < -0.3 is 137 Å². The summed E-state index contributed by atoms with van der Waals surface area (Å²) >= 11 is 15.6. The number of ether oxygens (including phenoxy) is 8. The number of primary amides is 1. The van der Waals surface area contributed by atoms with Crippen LogP contribution in [0.25, 0.3) is 11.1 Å². The minimum Gasteiger partial charge on any atom is -0.508 e. The molecular formula is C83H99Cl2N9O27S. The molecule has 7 aliphatic rings. The van der Waals surface area contributed by atoms with Gasteiger partial charge in [-0.3, -0.25) is 38.4 Å². The van der Waals surface area contributed by atoms with Gasteiger partial charge in [-0.25, -0.2) is 4.79 Å². The predicted octanol–water partition coefficient (Wildman–Crippen LogP) is 4.55. The van der Waals surface area contributed by atoms with Gasteiger partial charge in [0.25, 0.3) is 0 Å². The van der Waals surface area contributed by atoms with Crippen molar-refractivity contribution in [3.05, 3.63) is 140 Å². The Morgan fingerprint density at radius 2 is 1.34 bits per heavy atom. The van der Waals surface area contributed by atoms with E-state index in [1.54, 1.807) is 26.0 Å². The number of aromatic hydroxyl groups is 3. The second-order valence-electron chi connectivity index (χ2n) is 30.9. The number of hydrogen-bond donors (Lipinski definition) is 19. The number of halogens is 2. The molecule has 0 saturated carbocycles. The molecule has 0 radical (unpaired) electrons. The van der Waals surface area contributed by atoms with Crippen LogP contribution in [0.2, 0.25) is 10.0 Å². The van der Waals surface area contributed by atoms with Crippen LogP contribution in [0.1, 0.15) is 150 Å². The Bertz CT molecular complexity index is 4900. The van der Waals surface area contributed by atoms with Crippen LogP contribution in [-0.4, -0.2) is 215 Å². The van der Waals surface area contributed by atoms with Crippen molar-refractivity contribution in [2.75, 3.05) is 32.6 Å². The smallest absolute Gasteiger partial charge is 0.330 e. The number of carbonyl (C=O) groups excluding carboxylic acids is 8. The number of amides is 7. The first-order valence-electron chi connectivity index (χ1n) is 39.4. The number of carbonyl (C=O) groups is 9. The molecule has 18 unspecified atom stereocenters. The normalized spacial score (nSPS) is 26.3. The number of phenolic OH excluding ortho intramolecular Hbond substituents is 3. The van der Waals surface area contributed by atoms with Crippen molar-refractivity contribution in [1.29, 1.82) is 0 Å². The lowest BCUT2D eigenvalue weighted by molar-refractivity contribution is -0.334. The van der Waals surface area contributed by atoms with Crippen LogP contribution in [0.4, 0.5) is 0 Å². The molecule has 20 N–H and O–H groups in total. The quantitative estimate of drug-likeness (QED) is 0.0331. The number of benzene rings is 6. The van der Waals surface area contributed by atoms with Gasteiger partial charge in [0.2, 0.25) is 53.4 Å². The number of aliphatic carboxylic acids is 1. The first kappa shape index (κ1) is 92.4. The van der Waals surface area contributed by atoms with Gasteiger partial charge in [-0.05, 0) is 147 Å². The highest BCUT2D eigenvalue weighted by Crippen LogP contribution is 2.50. The summed E-state index contributed by atoms with van der Waals surface area (Å²) in [5.74, 6) is -14.6. The molecule has 7 amide bonds. The van der Waals surface area contributed by atoms with Crippen molar-refractivity contribution in [3.63, 3.8) is 0 Å². The zero-order chi connectivity index (χ0) is 88.5. The van der Waals surface area contributed by atoms with Crippen molar-refractivity contribution in [2.24, 2.45) is 11.7 Å². The number of unbranched alkanes of at least 4 members (excludes halogenated alkanes) is 2. The fraction of sp³-hybridized carbons (Fsp3) is 0.458. The van der Waals surface area contributed by atoms with E-state index in [4.69, 9.17) is 66.8 Å². The van der Waals surface area contributed by atoms with Gasteiger partial charge >= 0.3 is 5.97 Å². The third-order valence-corrected chi connectivity index (χ3v) is 22.8. The van der Waals surface area contributed by atoms with Crippen LogP contribution in [0.15, 0.2) is 97.1 Å². The zero-order valence-corrected chi connectivity index (χ0v) is 69.6. The van der Waals surface area contributed by atoms with Crippen molar-refractivity contribution >= 4 is 87.4 Å². The highest BCUT2D eigenvalue weighted by Gasteiger charge is 2.52. The third-order valence-electron chi connectivity index (χ3n) is 21.3. The lowest BCUT2D eigenvalue weighted by Gasteiger charge is -2.48. The molecule has 7 heterocycles. The summed E-state index contributed by atoms with van der Waals surface area (Å²) in [4.78, 5) is 130. The van der Waals surface area contributed by atoms with Gasteiger partial charge in [0.1, 0.15) is 89.5 Å². The molecule has 658 valence electrons. The predicted molar refractivity (Wildman–Crippen MR) is 437 cm³/mol. The fourth-order valence-electron chi connectivity index (χ4n) is 14.8. The van der Waals surface area contributed by atoms with Crippen LogP contribution in [0.5, 0.6) is 57.5 Å². The van der Waals surface area contributed by atoms with Crippen molar-refractivity contribution in [3.8, 4) is 68.6 Å². The number of nitrogens with one attached hydrogen (secondary N) is 8. The lowest BCUT2D eigenvalue weighted by atomic mass is 9.84. The molecule has 13 rings (SSSR count). The maximum absolute atomic E-state index is 16.3. The second-order valence-corrected chi connectivity index (χ2v) is 32.9. The number of aliphatic hydroxyl groups is 6. The van der Waals surface area contributed by atoms with E-state index < -0.39 is 237 Å². The van der Waals surface area contributed by atoms with E-state index in [1.807, 2.05) is 26.8 Å². The summed E-state index contributed by atoms with van der Waals surface area (Å²) < 4.78 is 52.0. The van der Waals surface area contributed by atoms with E-state index in [2.05, 4.69) is 42.5 Å². The van der Waals surface area contributed by atoms with Gasteiger partial charge in [0.05, 0.1) is 54.5 Å². The average molecular weight is 1760 g/mol. The monoisotopic (exact) mass is 1760 g/mol. The van der Waals surface area contributed by atoms with E-state index in [-0.39, 0.29) is 57.9 Å². The summed E-state index contributed by atoms with van der Waals surface area (Å²) in [6.45, 7) is 10.3. The van der Waals surface area contributed by atoms with E-state index in [1.165, 1.54) is 37.9 Å². The topological polar surface area (TPSA) is 552 Å². The van der Waals surface area contributed by atoms with E-state index in [0.717, 1.165) is 79.6 Å². The Labute approximate surface area is 714 Å². The molecule has 0 aromatic heterocycles.